The third-order valence-electron chi connectivity index (χ3n) is 11.7. The molecule has 0 saturated carbocycles. The smallest absolute Gasteiger partial charge is 0.415 e. The average molecular weight is 738 g/mol. The normalized spacial score (nSPS) is 16.7. The van der Waals surface area contributed by atoms with E-state index in [2.05, 4.69) is 34.1 Å². The summed E-state index contributed by atoms with van der Waals surface area (Å²) in [4.78, 5) is 50.5. The van der Waals surface area contributed by atoms with Crippen LogP contribution in [0.3, 0.4) is 0 Å². The second-order valence-corrected chi connectivity index (χ2v) is 15.1. The third-order valence-corrected chi connectivity index (χ3v) is 11.7. The van der Waals surface area contributed by atoms with E-state index in [0.717, 1.165) is 59.7 Å². The number of amides is 3. The largest absolute Gasteiger partial charge is 0.508 e. The Labute approximate surface area is 322 Å². The average Bonchev–Trinajstić information content (AvgIpc) is 3.83. The molecule has 0 bridgehead atoms. The van der Waals surface area contributed by atoms with Crippen LogP contribution < -0.4 is 9.64 Å². The molecule has 3 aliphatic heterocycles. The fourth-order valence-electron chi connectivity index (χ4n) is 8.36. The fourth-order valence-corrected chi connectivity index (χ4v) is 8.36. The molecule has 10 heteroatoms. The highest BCUT2D eigenvalue weighted by molar-refractivity contribution is 6.08. The third kappa shape index (κ3) is 7.22. The zero-order chi connectivity index (χ0) is 38.2. The summed E-state index contributed by atoms with van der Waals surface area (Å²) < 4.78 is 7.71. The SMILES string of the molecule is Cc1c(C(=O)N(C)c2ccc(O)cc2)cc(-c2cc3c(cc2C(=O)N2Cc4ccccc4C[C@H]2CN2CCCC2)CN(C(=O)Oc2ccccc2)CC3)n1C. The van der Waals surface area contributed by atoms with Crippen LogP contribution in [0.4, 0.5) is 10.5 Å². The molecule has 10 nitrogen and oxygen atoms in total. The number of hydrogen-bond donors (Lipinski definition) is 1. The number of likely N-dealkylation sites (tertiary alicyclic amines) is 1. The van der Waals surface area contributed by atoms with Gasteiger partial charge in [-0.05, 0) is 123 Å². The molecule has 8 rings (SSSR count). The molecular formula is C45H47N5O5. The van der Waals surface area contributed by atoms with Gasteiger partial charge in [-0.1, -0.05) is 42.5 Å². The number of phenolic OH excluding ortho intramolecular Hbond substituents is 1. The summed E-state index contributed by atoms with van der Waals surface area (Å²) in [5, 5.41) is 9.82. The maximum atomic E-state index is 15.3. The number of fused-ring (bicyclic) bond motifs is 2. The van der Waals surface area contributed by atoms with E-state index in [0.29, 0.717) is 48.6 Å². The van der Waals surface area contributed by atoms with E-state index in [-0.39, 0.29) is 23.6 Å². The number of phenols is 1. The molecule has 4 heterocycles. The van der Waals surface area contributed by atoms with Gasteiger partial charge in [0.05, 0.1) is 5.56 Å². The van der Waals surface area contributed by atoms with Gasteiger partial charge in [0, 0.05) is 74.5 Å². The van der Waals surface area contributed by atoms with Crippen LogP contribution >= 0.6 is 0 Å². The number of para-hydroxylation sites is 1. The van der Waals surface area contributed by atoms with Crippen LogP contribution in [0.15, 0.2) is 97.1 Å². The number of ether oxygens (including phenoxy) is 1. The molecule has 4 aromatic carbocycles. The van der Waals surface area contributed by atoms with Crippen molar-refractivity contribution >= 4 is 23.6 Å². The molecule has 3 amide bonds. The molecule has 1 fully saturated rings. The van der Waals surface area contributed by atoms with Gasteiger partial charge in [0.25, 0.3) is 11.8 Å². The standard InChI is InChI=1S/C45H47N5O5/c1-30-39(43(52)47(3)35-15-17-37(51)18-16-35)26-42(46(30)2)40-24-32-19-22-49(45(54)55-38-13-5-4-6-14-38)27-34(32)25-41(40)44(53)50-28-33-12-8-7-11-31(33)23-36(50)29-48-20-9-10-21-48/h4-8,11-18,24-26,36,51H,9-10,19-23,27-29H2,1-3H3/t36-/m0/s1. The van der Waals surface area contributed by atoms with Crippen molar-refractivity contribution < 1.29 is 24.2 Å². The van der Waals surface area contributed by atoms with Crippen LogP contribution in [0.25, 0.3) is 11.3 Å². The monoisotopic (exact) mass is 737 g/mol. The zero-order valence-electron chi connectivity index (χ0n) is 31.7. The Kier molecular flexibility index (Phi) is 9.92. The Bertz CT molecular complexity index is 2240. The van der Waals surface area contributed by atoms with E-state index in [9.17, 15) is 14.7 Å². The van der Waals surface area contributed by atoms with Gasteiger partial charge in [-0.15, -0.1) is 0 Å². The highest BCUT2D eigenvalue weighted by Crippen LogP contribution is 2.36. The molecule has 55 heavy (non-hydrogen) atoms. The number of nitrogens with zero attached hydrogens (tertiary/aromatic N) is 5. The molecule has 0 spiro atoms. The van der Waals surface area contributed by atoms with Gasteiger partial charge in [-0.2, -0.15) is 0 Å². The molecule has 5 aromatic rings. The summed E-state index contributed by atoms with van der Waals surface area (Å²) >= 11 is 0. The first-order valence-electron chi connectivity index (χ1n) is 19.2. The lowest BCUT2D eigenvalue weighted by Crippen LogP contribution is -2.49. The van der Waals surface area contributed by atoms with Gasteiger partial charge in [0.15, 0.2) is 0 Å². The second-order valence-electron chi connectivity index (χ2n) is 15.1. The molecule has 1 N–H and O–H groups in total. The van der Waals surface area contributed by atoms with Gasteiger partial charge >= 0.3 is 6.09 Å². The minimum Gasteiger partial charge on any atom is -0.508 e. The number of rotatable bonds is 7. The lowest BCUT2D eigenvalue weighted by Gasteiger charge is -2.39. The fraction of sp³-hybridized carbons (Fsp3) is 0.311. The Morgan fingerprint density at radius 2 is 1.51 bits per heavy atom. The molecule has 1 atom stereocenters. The van der Waals surface area contributed by atoms with Crippen LogP contribution in [0.5, 0.6) is 11.5 Å². The quantitative estimate of drug-likeness (QED) is 0.190. The molecule has 0 aliphatic carbocycles. The van der Waals surface area contributed by atoms with Crippen molar-refractivity contribution in [1.82, 2.24) is 19.3 Å². The minimum absolute atomic E-state index is 0.00650. The number of anilines is 1. The van der Waals surface area contributed by atoms with Crippen molar-refractivity contribution in [3.05, 3.63) is 136 Å². The van der Waals surface area contributed by atoms with Crippen LogP contribution in [0.1, 0.15) is 61.5 Å². The molecule has 0 unspecified atom stereocenters. The van der Waals surface area contributed by atoms with Crippen molar-refractivity contribution in [2.75, 3.05) is 38.1 Å². The highest BCUT2D eigenvalue weighted by atomic mass is 16.6. The van der Waals surface area contributed by atoms with Crippen LogP contribution in [-0.4, -0.2) is 81.5 Å². The van der Waals surface area contributed by atoms with E-state index < -0.39 is 6.09 Å². The van der Waals surface area contributed by atoms with Crippen molar-refractivity contribution in [3.63, 3.8) is 0 Å². The van der Waals surface area contributed by atoms with E-state index in [4.69, 9.17) is 4.74 Å². The van der Waals surface area contributed by atoms with Crippen molar-refractivity contribution in [1.29, 1.82) is 0 Å². The first-order chi connectivity index (χ1) is 26.6. The number of carbonyl (C=O) groups excluding carboxylic acids is 3. The summed E-state index contributed by atoms with van der Waals surface area (Å²) in [5.74, 6) is 0.359. The van der Waals surface area contributed by atoms with Crippen molar-refractivity contribution in [2.45, 2.75) is 51.7 Å². The minimum atomic E-state index is -0.425. The topological polar surface area (TPSA) is 98.6 Å². The van der Waals surface area contributed by atoms with Crippen LogP contribution in [-0.2, 0) is 33.0 Å². The molecule has 282 valence electrons. The Hall–Kier alpha value is -5.87. The second kappa shape index (κ2) is 15.1. The maximum absolute atomic E-state index is 15.3. The maximum Gasteiger partial charge on any atom is 0.415 e. The number of aromatic hydroxyl groups is 1. The predicted molar refractivity (Wildman–Crippen MR) is 212 cm³/mol. The Morgan fingerprint density at radius 1 is 0.800 bits per heavy atom. The summed E-state index contributed by atoms with van der Waals surface area (Å²) in [5.41, 5.74) is 8.44. The lowest BCUT2D eigenvalue weighted by molar-refractivity contribution is 0.0594. The molecule has 1 aromatic heterocycles. The molecular weight excluding hydrogens is 691 g/mol. The summed E-state index contributed by atoms with van der Waals surface area (Å²) in [6, 6.07) is 30.0. The number of carbonyl (C=O) groups is 3. The van der Waals surface area contributed by atoms with Gasteiger partial charge in [0.1, 0.15) is 11.5 Å². The van der Waals surface area contributed by atoms with E-state index in [1.54, 1.807) is 53.2 Å². The first-order valence-corrected chi connectivity index (χ1v) is 19.2. The Morgan fingerprint density at radius 3 is 2.25 bits per heavy atom. The van der Waals surface area contributed by atoms with Crippen LogP contribution in [0, 0.1) is 6.92 Å². The summed E-state index contributed by atoms with van der Waals surface area (Å²) in [6.07, 6.45) is 3.29. The molecule has 3 aliphatic rings. The van der Waals surface area contributed by atoms with Crippen molar-refractivity contribution in [3.8, 4) is 22.8 Å². The van der Waals surface area contributed by atoms with Gasteiger partial charge < -0.3 is 34.0 Å². The van der Waals surface area contributed by atoms with Gasteiger partial charge in [-0.25, -0.2) is 4.79 Å². The highest BCUT2D eigenvalue weighted by Gasteiger charge is 2.35. The molecule has 1 saturated heterocycles. The van der Waals surface area contributed by atoms with Gasteiger partial charge in [0.2, 0.25) is 0 Å². The summed E-state index contributed by atoms with van der Waals surface area (Å²) in [7, 11) is 3.66. The zero-order valence-corrected chi connectivity index (χ0v) is 31.7. The van der Waals surface area contributed by atoms with E-state index in [1.807, 2.05) is 54.9 Å². The van der Waals surface area contributed by atoms with E-state index >= 15 is 4.79 Å². The predicted octanol–water partition coefficient (Wildman–Crippen LogP) is 7.20. The van der Waals surface area contributed by atoms with Crippen LogP contribution in [0.2, 0.25) is 0 Å². The molecule has 0 radical (unpaired) electrons. The number of aromatic nitrogens is 1. The number of benzene rings is 4. The summed E-state index contributed by atoms with van der Waals surface area (Å²) in [6.45, 7) is 6.10. The van der Waals surface area contributed by atoms with Crippen molar-refractivity contribution in [2.24, 2.45) is 7.05 Å². The Balaban J connectivity index is 1.19. The lowest BCUT2D eigenvalue weighted by atomic mass is 9.89. The first kappa shape index (κ1) is 36.1. The van der Waals surface area contributed by atoms with Gasteiger partial charge in [-0.3, -0.25) is 9.59 Å². The van der Waals surface area contributed by atoms with E-state index in [1.165, 1.54) is 18.4 Å². The number of hydrogen-bond acceptors (Lipinski definition) is 6.